The lowest BCUT2D eigenvalue weighted by molar-refractivity contribution is -0.167. The largest absolute Gasteiger partial charge is 0.462 e. The normalized spacial score (nSPS) is 11.9. The van der Waals surface area contributed by atoms with Gasteiger partial charge in [-0.1, -0.05) is 265 Å². The molecule has 0 bridgehead atoms. The highest BCUT2D eigenvalue weighted by Gasteiger charge is 2.19. The van der Waals surface area contributed by atoms with Gasteiger partial charge in [-0.2, -0.15) is 0 Å². The minimum absolute atomic E-state index is 0.0630. The minimum Gasteiger partial charge on any atom is -0.462 e. The second-order valence-electron chi connectivity index (χ2n) is 19.0. The molecule has 0 spiro atoms. The highest BCUT2D eigenvalue weighted by Crippen LogP contribution is 2.17. The van der Waals surface area contributed by atoms with Gasteiger partial charge in [-0.15, -0.1) is 0 Å². The molecule has 0 saturated heterocycles. The summed E-state index contributed by atoms with van der Waals surface area (Å²) in [6.07, 6.45) is 51.0. The molecule has 0 rings (SSSR count). The van der Waals surface area contributed by atoms with Gasteiger partial charge in [0.15, 0.2) is 6.10 Å². The molecule has 0 unspecified atom stereocenters. The Bertz CT molecular complexity index is 903. The van der Waals surface area contributed by atoms with Crippen LogP contribution in [-0.2, 0) is 28.6 Å². The summed E-state index contributed by atoms with van der Waals surface area (Å²) < 4.78 is 16.8. The van der Waals surface area contributed by atoms with E-state index in [1.54, 1.807) is 0 Å². The van der Waals surface area contributed by atoms with Gasteiger partial charge >= 0.3 is 17.9 Å². The lowest BCUT2D eigenvalue weighted by Gasteiger charge is -2.18. The van der Waals surface area contributed by atoms with E-state index in [1.807, 2.05) is 0 Å². The number of hydrogen-bond acceptors (Lipinski definition) is 6. The van der Waals surface area contributed by atoms with Gasteiger partial charge in [0.25, 0.3) is 0 Å². The maximum atomic E-state index is 12.8. The number of rotatable bonds is 49. The van der Waals surface area contributed by atoms with E-state index >= 15 is 0 Å². The first kappa shape index (κ1) is 58.4. The van der Waals surface area contributed by atoms with E-state index in [-0.39, 0.29) is 31.1 Å². The zero-order valence-corrected chi connectivity index (χ0v) is 40.9. The van der Waals surface area contributed by atoms with Crippen molar-refractivity contribution in [1.82, 2.24) is 0 Å². The van der Waals surface area contributed by atoms with Crippen LogP contribution in [-0.4, -0.2) is 37.2 Å². The first-order chi connectivity index (χ1) is 29.4. The number of carbonyl (C=O) groups excluding carboxylic acids is 3. The third kappa shape index (κ3) is 47.5. The van der Waals surface area contributed by atoms with Gasteiger partial charge in [-0.05, 0) is 25.2 Å². The van der Waals surface area contributed by atoms with Gasteiger partial charge in [0, 0.05) is 19.3 Å². The maximum absolute atomic E-state index is 12.8. The molecule has 0 aromatic heterocycles. The second kappa shape index (κ2) is 48.4. The topological polar surface area (TPSA) is 78.9 Å². The predicted molar refractivity (Wildman–Crippen MR) is 257 cm³/mol. The summed E-state index contributed by atoms with van der Waals surface area (Å²) in [6.45, 7) is 9.00. The summed E-state index contributed by atoms with van der Waals surface area (Å²) in [5.74, 6) is -0.0481. The highest BCUT2D eigenvalue weighted by atomic mass is 16.6. The number of unbranched alkanes of at least 4 members (excludes halogenated alkanes) is 36. The first-order valence-electron chi connectivity index (χ1n) is 26.9. The van der Waals surface area contributed by atoms with Gasteiger partial charge in [0.2, 0.25) is 0 Å². The van der Waals surface area contributed by atoms with Crippen LogP contribution in [0.1, 0.15) is 304 Å². The van der Waals surface area contributed by atoms with Crippen molar-refractivity contribution in [2.45, 2.75) is 310 Å². The third-order valence-electron chi connectivity index (χ3n) is 12.3. The molecule has 0 aliphatic carbocycles. The van der Waals surface area contributed by atoms with Crippen LogP contribution in [0.5, 0.6) is 0 Å². The standard InChI is InChI=1S/C54H104O6/c1-5-7-9-11-13-15-17-19-20-21-22-23-24-25-27-29-35-39-43-47-54(57)60-51(49-59-53(56)46-42-38-34-31-30-32-36-40-44-50(3)4)48-58-52(55)45-41-37-33-28-26-18-16-14-12-10-8-6-2/h50-51H,5-49H2,1-4H3/t51-/m0/s1. The second-order valence-corrected chi connectivity index (χ2v) is 19.0. The van der Waals surface area contributed by atoms with Crippen molar-refractivity contribution >= 4 is 17.9 Å². The fourth-order valence-electron chi connectivity index (χ4n) is 8.22. The quantitative estimate of drug-likeness (QED) is 0.0345. The van der Waals surface area contributed by atoms with E-state index < -0.39 is 6.10 Å². The smallest absolute Gasteiger partial charge is 0.306 e. The Kier molecular flexibility index (Phi) is 47.2. The van der Waals surface area contributed by atoms with E-state index in [0.29, 0.717) is 19.3 Å². The molecule has 6 heteroatoms. The van der Waals surface area contributed by atoms with Crippen LogP contribution in [0.4, 0.5) is 0 Å². The molecule has 0 radical (unpaired) electrons. The zero-order valence-electron chi connectivity index (χ0n) is 40.9. The Morgan fingerprint density at radius 1 is 0.317 bits per heavy atom. The summed E-state index contributed by atoms with van der Waals surface area (Å²) in [4.78, 5) is 37.9. The van der Waals surface area contributed by atoms with Crippen molar-refractivity contribution < 1.29 is 28.6 Å². The molecule has 1 atom stereocenters. The Morgan fingerprint density at radius 3 is 0.817 bits per heavy atom. The lowest BCUT2D eigenvalue weighted by atomic mass is 10.0. The summed E-state index contributed by atoms with van der Waals surface area (Å²) in [5.41, 5.74) is 0. The fourth-order valence-corrected chi connectivity index (χ4v) is 8.22. The molecule has 0 aromatic rings. The van der Waals surface area contributed by atoms with Crippen LogP contribution in [0.25, 0.3) is 0 Å². The molecule has 0 saturated carbocycles. The number of ether oxygens (including phenoxy) is 3. The molecule has 0 heterocycles. The minimum atomic E-state index is -0.761. The van der Waals surface area contributed by atoms with Crippen molar-refractivity contribution in [3.8, 4) is 0 Å². The lowest BCUT2D eigenvalue weighted by Crippen LogP contribution is -2.30. The van der Waals surface area contributed by atoms with Gasteiger partial charge in [-0.3, -0.25) is 14.4 Å². The summed E-state index contributed by atoms with van der Waals surface area (Å²) >= 11 is 0. The molecule has 0 amide bonds. The van der Waals surface area contributed by atoms with Crippen molar-refractivity contribution in [2.75, 3.05) is 13.2 Å². The maximum Gasteiger partial charge on any atom is 0.306 e. The van der Waals surface area contributed by atoms with E-state index in [2.05, 4.69) is 27.7 Å². The summed E-state index contributed by atoms with van der Waals surface area (Å²) in [6, 6.07) is 0. The molecule has 0 aliphatic heterocycles. The fraction of sp³-hybridized carbons (Fsp3) is 0.944. The van der Waals surface area contributed by atoms with E-state index in [1.165, 1.54) is 199 Å². The Hall–Kier alpha value is -1.59. The molecule has 0 aliphatic rings. The molecule has 6 nitrogen and oxygen atoms in total. The molecule has 0 N–H and O–H groups in total. The van der Waals surface area contributed by atoms with E-state index in [0.717, 1.165) is 63.7 Å². The predicted octanol–water partition coefficient (Wildman–Crippen LogP) is 17.5. The van der Waals surface area contributed by atoms with Crippen LogP contribution in [0.2, 0.25) is 0 Å². The molecular weight excluding hydrogens is 745 g/mol. The van der Waals surface area contributed by atoms with Gasteiger partial charge in [-0.25, -0.2) is 0 Å². The van der Waals surface area contributed by atoms with Crippen LogP contribution < -0.4 is 0 Å². The van der Waals surface area contributed by atoms with Crippen molar-refractivity contribution in [3.63, 3.8) is 0 Å². The first-order valence-corrected chi connectivity index (χ1v) is 26.9. The number of carbonyl (C=O) groups is 3. The highest BCUT2D eigenvalue weighted by molar-refractivity contribution is 5.71. The van der Waals surface area contributed by atoms with E-state index in [4.69, 9.17) is 14.2 Å². The zero-order chi connectivity index (χ0) is 43.8. The average Bonchev–Trinajstić information content (AvgIpc) is 3.23. The third-order valence-corrected chi connectivity index (χ3v) is 12.3. The summed E-state index contributed by atoms with van der Waals surface area (Å²) in [5, 5.41) is 0. The van der Waals surface area contributed by atoms with Gasteiger partial charge in [0.05, 0.1) is 0 Å². The Labute approximate surface area is 374 Å². The monoisotopic (exact) mass is 849 g/mol. The van der Waals surface area contributed by atoms with Crippen LogP contribution in [0, 0.1) is 5.92 Å². The van der Waals surface area contributed by atoms with Crippen LogP contribution >= 0.6 is 0 Å². The SMILES string of the molecule is CCCCCCCCCCCCCCCCCCCCCC(=O)O[C@@H](COC(=O)CCCCCCCCCCCCCC)COC(=O)CCCCCCCCCCC(C)C. The van der Waals surface area contributed by atoms with Crippen molar-refractivity contribution in [2.24, 2.45) is 5.92 Å². The van der Waals surface area contributed by atoms with Gasteiger partial charge in [0.1, 0.15) is 13.2 Å². The molecule has 356 valence electrons. The molecule has 0 aromatic carbocycles. The van der Waals surface area contributed by atoms with E-state index in [9.17, 15) is 14.4 Å². The number of hydrogen-bond donors (Lipinski definition) is 0. The Morgan fingerprint density at radius 2 is 0.550 bits per heavy atom. The Balaban J connectivity index is 4.26. The molecular formula is C54H104O6. The van der Waals surface area contributed by atoms with Gasteiger partial charge < -0.3 is 14.2 Å². The average molecular weight is 849 g/mol. The van der Waals surface area contributed by atoms with Crippen LogP contribution in [0.3, 0.4) is 0 Å². The number of esters is 3. The molecule has 0 fully saturated rings. The van der Waals surface area contributed by atoms with Crippen molar-refractivity contribution in [1.29, 1.82) is 0 Å². The molecule has 60 heavy (non-hydrogen) atoms. The van der Waals surface area contributed by atoms with Crippen molar-refractivity contribution in [3.05, 3.63) is 0 Å². The summed E-state index contributed by atoms with van der Waals surface area (Å²) in [7, 11) is 0. The van der Waals surface area contributed by atoms with Crippen LogP contribution in [0.15, 0.2) is 0 Å².